The number of anilines is 1. The average Bonchev–Trinajstić information content (AvgIpc) is 3.06. The minimum Gasteiger partial charge on any atom is -0.419 e. The zero-order valence-electron chi connectivity index (χ0n) is 14.7. The van der Waals surface area contributed by atoms with E-state index in [0.29, 0.717) is 6.42 Å². The second-order valence-corrected chi connectivity index (χ2v) is 7.91. The van der Waals surface area contributed by atoms with Gasteiger partial charge in [-0.05, 0) is 49.7 Å². The van der Waals surface area contributed by atoms with Crippen molar-refractivity contribution in [3.63, 3.8) is 0 Å². The Labute approximate surface area is 156 Å². The maximum Gasteiger partial charge on any atom is 0.234 e. The maximum atomic E-state index is 14.1. The van der Waals surface area contributed by atoms with Crippen LogP contribution in [0.15, 0.2) is 62.9 Å². The number of nitrogens with zero attached hydrogens (tertiary/aromatic N) is 1. The molecule has 0 bridgehead atoms. The number of aromatic nitrogens is 1. The number of sulfone groups is 1. The van der Waals surface area contributed by atoms with Crippen molar-refractivity contribution < 1.29 is 21.6 Å². The molecule has 8 heteroatoms. The molecule has 0 saturated heterocycles. The average molecular weight is 392 g/mol. The summed E-state index contributed by atoms with van der Waals surface area (Å²) in [5.41, 5.74) is 0.0465. The summed E-state index contributed by atoms with van der Waals surface area (Å²) in [6.45, 7) is 3.76. The molecule has 3 aromatic rings. The van der Waals surface area contributed by atoms with E-state index in [1.165, 1.54) is 18.2 Å². The molecule has 1 heterocycles. The Hall–Kier alpha value is -2.74. The van der Waals surface area contributed by atoms with Crippen LogP contribution in [0, 0.1) is 11.6 Å². The van der Waals surface area contributed by atoms with E-state index in [1.54, 1.807) is 6.07 Å². The van der Waals surface area contributed by atoms with Gasteiger partial charge in [0.15, 0.2) is 0 Å². The summed E-state index contributed by atoms with van der Waals surface area (Å²) in [7, 11) is -4.10. The van der Waals surface area contributed by atoms with Crippen LogP contribution in [0.4, 0.5) is 14.7 Å². The van der Waals surface area contributed by atoms with Gasteiger partial charge in [-0.15, -0.1) is 0 Å². The second kappa shape index (κ2) is 7.48. The molecule has 27 heavy (non-hydrogen) atoms. The van der Waals surface area contributed by atoms with E-state index in [-0.39, 0.29) is 33.3 Å². The molecule has 1 unspecified atom stereocenters. The molecule has 1 aromatic heterocycles. The smallest absolute Gasteiger partial charge is 0.234 e. The van der Waals surface area contributed by atoms with Crippen molar-refractivity contribution in [1.29, 1.82) is 0 Å². The minimum atomic E-state index is -4.10. The number of oxazole rings is 1. The van der Waals surface area contributed by atoms with Gasteiger partial charge in [0.2, 0.25) is 26.6 Å². The van der Waals surface area contributed by atoms with Crippen LogP contribution in [0.3, 0.4) is 0 Å². The summed E-state index contributed by atoms with van der Waals surface area (Å²) in [5.74, 6) is -1.37. The first-order chi connectivity index (χ1) is 12.8. The number of rotatable bonds is 6. The Morgan fingerprint density at radius 3 is 2.41 bits per heavy atom. The summed E-state index contributed by atoms with van der Waals surface area (Å²) >= 11 is 0. The van der Waals surface area contributed by atoms with Crippen molar-refractivity contribution in [3.05, 3.63) is 60.2 Å². The molecule has 5 nitrogen and oxygen atoms in total. The Bertz CT molecular complexity index is 1050. The first-order valence-electron chi connectivity index (χ1n) is 8.36. The first kappa shape index (κ1) is 19.0. The normalized spacial score (nSPS) is 12.7. The predicted octanol–water partition coefficient (Wildman–Crippen LogP) is 4.66. The summed E-state index contributed by atoms with van der Waals surface area (Å²) in [6.07, 6.45) is 0.700. The van der Waals surface area contributed by atoms with Crippen LogP contribution in [0.5, 0.6) is 0 Å². The van der Waals surface area contributed by atoms with E-state index in [9.17, 15) is 17.2 Å². The van der Waals surface area contributed by atoms with E-state index in [1.807, 2.05) is 13.8 Å². The number of hydrogen-bond donors (Lipinski definition) is 1. The minimum absolute atomic E-state index is 0.0465. The van der Waals surface area contributed by atoms with Gasteiger partial charge in [-0.25, -0.2) is 17.2 Å². The van der Waals surface area contributed by atoms with Gasteiger partial charge in [0.1, 0.15) is 11.6 Å². The number of benzene rings is 2. The molecule has 0 amide bonds. The molecule has 0 aliphatic heterocycles. The van der Waals surface area contributed by atoms with Crippen molar-refractivity contribution >= 4 is 15.7 Å². The summed E-state index contributed by atoms with van der Waals surface area (Å²) in [4.78, 5) is 3.91. The SMILES string of the molecule is CCC(C)Nc1oc(-c2ccccc2F)nc1S(=O)(=O)c1ccc(F)cc1. The lowest BCUT2D eigenvalue weighted by Gasteiger charge is -2.11. The third-order valence-corrected chi connectivity index (χ3v) is 5.75. The zero-order valence-corrected chi connectivity index (χ0v) is 15.6. The molecule has 3 rings (SSSR count). The number of nitrogens with one attached hydrogen (secondary N) is 1. The lowest BCUT2D eigenvalue weighted by Crippen LogP contribution is -2.15. The van der Waals surface area contributed by atoms with Gasteiger partial charge in [0, 0.05) is 6.04 Å². The van der Waals surface area contributed by atoms with E-state index in [4.69, 9.17) is 4.42 Å². The fraction of sp³-hybridized carbons (Fsp3) is 0.211. The van der Waals surface area contributed by atoms with Gasteiger partial charge in [-0.2, -0.15) is 4.98 Å². The molecular formula is C19H18F2N2O3S. The molecule has 2 aromatic carbocycles. The van der Waals surface area contributed by atoms with Crippen molar-refractivity contribution in [1.82, 2.24) is 4.98 Å². The second-order valence-electron chi connectivity index (χ2n) is 6.04. The highest BCUT2D eigenvalue weighted by Gasteiger charge is 2.29. The van der Waals surface area contributed by atoms with Crippen molar-refractivity contribution in [2.24, 2.45) is 0 Å². The van der Waals surface area contributed by atoms with E-state index >= 15 is 0 Å². The lowest BCUT2D eigenvalue weighted by atomic mass is 10.2. The molecule has 0 aliphatic carbocycles. The van der Waals surface area contributed by atoms with Gasteiger partial charge in [0.05, 0.1) is 10.5 Å². The van der Waals surface area contributed by atoms with Crippen molar-refractivity contribution in [2.45, 2.75) is 36.2 Å². The van der Waals surface area contributed by atoms with Crippen LogP contribution in [-0.2, 0) is 9.84 Å². The fourth-order valence-electron chi connectivity index (χ4n) is 2.38. The van der Waals surface area contributed by atoms with Crippen molar-refractivity contribution in [3.8, 4) is 11.5 Å². The molecule has 1 atom stereocenters. The molecule has 0 fully saturated rings. The zero-order chi connectivity index (χ0) is 19.6. The summed E-state index contributed by atoms with van der Waals surface area (Å²) in [6, 6.07) is 10.1. The summed E-state index contributed by atoms with van der Waals surface area (Å²) < 4.78 is 58.8. The van der Waals surface area contributed by atoms with Crippen LogP contribution in [0.1, 0.15) is 20.3 Å². The number of hydrogen-bond acceptors (Lipinski definition) is 5. The Morgan fingerprint density at radius 1 is 1.11 bits per heavy atom. The van der Waals surface area contributed by atoms with Gasteiger partial charge in [-0.3, -0.25) is 0 Å². The highest BCUT2D eigenvalue weighted by Crippen LogP contribution is 2.33. The maximum absolute atomic E-state index is 14.1. The molecule has 0 saturated carbocycles. The third-order valence-electron chi connectivity index (χ3n) is 4.07. The van der Waals surface area contributed by atoms with Crippen LogP contribution < -0.4 is 5.32 Å². The first-order valence-corrected chi connectivity index (χ1v) is 9.84. The fourth-order valence-corrected chi connectivity index (χ4v) is 3.65. The van der Waals surface area contributed by atoms with Crippen molar-refractivity contribution in [2.75, 3.05) is 5.32 Å². The van der Waals surface area contributed by atoms with E-state index in [0.717, 1.165) is 24.3 Å². The largest absolute Gasteiger partial charge is 0.419 e. The lowest BCUT2D eigenvalue weighted by molar-refractivity contribution is 0.558. The standard InChI is InChI=1S/C19H18F2N2O3S/c1-3-12(2)22-18-19(27(24,25)14-10-8-13(20)9-11-14)23-17(26-18)15-6-4-5-7-16(15)21/h4-12,22H,3H2,1-2H3. The van der Waals surface area contributed by atoms with E-state index in [2.05, 4.69) is 10.3 Å². The Kier molecular flexibility index (Phi) is 5.27. The highest BCUT2D eigenvalue weighted by atomic mass is 32.2. The van der Waals surface area contributed by atoms with Crippen LogP contribution in [0.25, 0.3) is 11.5 Å². The van der Waals surface area contributed by atoms with Crippen LogP contribution in [-0.4, -0.2) is 19.4 Å². The van der Waals surface area contributed by atoms with Crippen LogP contribution >= 0.6 is 0 Å². The number of halogens is 2. The molecule has 0 radical (unpaired) electrons. The van der Waals surface area contributed by atoms with Gasteiger partial charge in [0.25, 0.3) is 0 Å². The quantitative estimate of drug-likeness (QED) is 0.618. The Morgan fingerprint density at radius 2 is 1.78 bits per heavy atom. The molecule has 0 aliphatic rings. The monoisotopic (exact) mass is 392 g/mol. The summed E-state index contributed by atoms with van der Waals surface area (Å²) in [5, 5.41) is 2.58. The predicted molar refractivity (Wildman–Crippen MR) is 97.1 cm³/mol. The molecule has 1 N–H and O–H groups in total. The molecular weight excluding hydrogens is 374 g/mol. The Balaban J connectivity index is 2.15. The third kappa shape index (κ3) is 3.85. The highest BCUT2D eigenvalue weighted by molar-refractivity contribution is 7.91. The van der Waals surface area contributed by atoms with Crippen LogP contribution in [0.2, 0.25) is 0 Å². The van der Waals surface area contributed by atoms with Gasteiger partial charge >= 0.3 is 0 Å². The topological polar surface area (TPSA) is 72.2 Å². The van der Waals surface area contributed by atoms with Gasteiger partial charge < -0.3 is 9.73 Å². The molecule has 0 spiro atoms. The molecule has 142 valence electrons. The van der Waals surface area contributed by atoms with E-state index < -0.39 is 21.5 Å². The van der Waals surface area contributed by atoms with Gasteiger partial charge in [-0.1, -0.05) is 19.1 Å².